The lowest BCUT2D eigenvalue weighted by molar-refractivity contribution is 0.601. The van der Waals surface area contributed by atoms with Gasteiger partial charge in [-0.2, -0.15) is 10.5 Å². The summed E-state index contributed by atoms with van der Waals surface area (Å²) in [5.74, 6) is 0. The molecule has 0 fully saturated rings. The Hall–Kier alpha value is -3.09. The molecule has 0 unspecified atom stereocenters. The second-order valence-corrected chi connectivity index (χ2v) is 7.14. The predicted octanol–water partition coefficient (Wildman–Crippen LogP) is 3.13. The van der Waals surface area contributed by atoms with Gasteiger partial charge in [0.05, 0.1) is 33.9 Å². The minimum Gasteiger partial charge on any atom is -0.279 e. The number of sulfonamides is 1. The van der Waals surface area contributed by atoms with Crippen molar-refractivity contribution in [2.24, 2.45) is 0 Å². The molecule has 0 saturated heterocycles. The van der Waals surface area contributed by atoms with Crippen LogP contribution in [0.25, 0.3) is 5.57 Å². The van der Waals surface area contributed by atoms with Crippen LogP contribution in [0.2, 0.25) is 0 Å². The molecule has 1 N–H and O–H groups in total. The number of nitrogens with zero attached hydrogens (tertiary/aromatic N) is 2. The molecule has 0 aliphatic heterocycles. The fourth-order valence-electron chi connectivity index (χ4n) is 2.79. The number of anilines is 1. The third kappa shape index (κ3) is 2.64. The smallest absolute Gasteiger partial charge is 0.261 e. The number of aryl methyl sites for hydroxylation is 1. The van der Waals surface area contributed by atoms with Crippen LogP contribution in [0.15, 0.2) is 47.4 Å². The molecular weight excluding hydrogens is 322 g/mol. The van der Waals surface area contributed by atoms with Crippen LogP contribution in [0.1, 0.15) is 22.3 Å². The molecule has 3 rings (SSSR count). The Morgan fingerprint density at radius 3 is 2.62 bits per heavy atom. The topological polar surface area (TPSA) is 93.8 Å². The lowest BCUT2D eigenvalue weighted by atomic mass is 9.99. The first-order valence-corrected chi connectivity index (χ1v) is 8.70. The van der Waals surface area contributed by atoms with Crippen molar-refractivity contribution >= 4 is 21.3 Å². The van der Waals surface area contributed by atoms with Crippen molar-refractivity contribution in [3.8, 4) is 12.1 Å². The minimum absolute atomic E-state index is 0.0299. The highest BCUT2D eigenvalue weighted by atomic mass is 32.2. The van der Waals surface area contributed by atoms with Crippen LogP contribution in [0.3, 0.4) is 0 Å². The van der Waals surface area contributed by atoms with Gasteiger partial charge in [-0.1, -0.05) is 18.2 Å². The lowest BCUT2D eigenvalue weighted by Gasteiger charge is -2.14. The van der Waals surface area contributed by atoms with Gasteiger partial charge in [0.15, 0.2) is 0 Å². The Kier molecular flexibility index (Phi) is 3.84. The fraction of sp³-hybridized carbons (Fsp3) is 0.111. The number of fused-ring (bicyclic) bond motifs is 1. The molecular formula is C18H13N3O2S. The highest BCUT2D eigenvalue weighted by molar-refractivity contribution is 7.92. The van der Waals surface area contributed by atoms with Crippen molar-refractivity contribution in [1.82, 2.24) is 0 Å². The van der Waals surface area contributed by atoms with Crippen LogP contribution in [0, 0.1) is 29.6 Å². The summed E-state index contributed by atoms with van der Waals surface area (Å²) in [6.07, 6.45) is 2.31. The van der Waals surface area contributed by atoms with E-state index in [2.05, 4.69) is 10.8 Å². The van der Waals surface area contributed by atoms with Gasteiger partial charge in [-0.3, -0.25) is 4.72 Å². The summed E-state index contributed by atoms with van der Waals surface area (Å²) < 4.78 is 27.8. The molecule has 0 saturated carbocycles. The standard InChI is InChI=1S/C18H13N3O2S/c1-12-5-8-17(16-7-6-14(11-20)18(12)16)21-24(22,23)15-4-2-3-13(9-15)10-19/h2-6,8-9,21H,7H2,1H3. The van der Waals surface area contributed by atoms with Gasteiger partial charge < -0.3 is 0 Å². The average molecular weight is 335 g/mol. The largest absolute Gasteiger partial charge is 0.279 e. The van der Waals surface area contributed by atoms with Crippen molar-refractivity contribution in [1.29, 1.82) is 10.5 Å². The zero-order chi connectivity index (χ0) is 17.3. The Balaban J connectivity index is 2.03. The van der Waals surface area contributed by atoms with E-state index in [4.69, 9.17) is 5.26 Å². The van der Waals surface area contributed by atoms with Gasteiger partial charge in [0, 0.05) is 5.56 Å². The van der Waals surface area contributed by atoms with Crippen molar-refractivity contribution in [3.05, 3.63) is 64.7 Å². The van der Waals surface area contributed by atoms with E-state index < -0.39 is 10.0 Å². The van der Waals surface area contributed by atoms with Crippen LogP contribution in [-0.2, 0) is 16.4 Å². The number of rotatable bonds is 3. The van der Waals surface area contributed by atoms with E-state index in [1.807, 2.05) is 13.0 Å². The maximum absolute atomic E-state index is 12.6. The molecule has 1 aliphatic rings. The van der Waals surface area contributed by atoms with Gasteiger partial charge in [-0.15, -0.1) is 0 Å². The SMILES string of the molecule is Cc1ccc(NS(=O)(=O)c2cccc(C#N)c2)c2c1C(C#N)=CC2. The van der Waals surface area contributed by atoms with Gasteiger partial charge in [0.1, 0.15) is 0 Å². The van der Waals surface area contributed by atoms with E-state index >= 15 is 0 Å². The number of allylic oxidation sites excluding steroid dienone is 2. The summed E-state index contributed by atoms with van der Waals surface area (Å²) in [4.78, 5) is 0.0299. The molecule has 118 valence electrons. The zero-order valence-corrected chi connectivity index (χ0v) is 13.7. The normalized spacial score (nSPS) is 12.7. The van der Waals surface area contributed by atoms with Gasteiger partial charge in [0.25, 0.3) is 10.0 Å². The third-order valence-electron chi connectivity index (χ3n) is 3.94. The number of hydrogen-bond donors (Lipinski definition) is 1. The molecule has 1 aliphatic carbocycles. The monoisotopic (exact) mass is 335 g/mol. The highest BCUT2D eigenvalue weighted by Gasteiger charge is 2.23. The average Bonchev–Trinajstić information content (AvgIpc) is 3.02. The molecule has 2 aromatic carbocycles. The second kappa shape index (κ2) is 5.84. The summed E-state index contributed by atoms with van der Waals surface area (Å²) in [6.45, 7) is 1.89. The molecule has 0 atom stereocenters. The van der Waals surface area contributed by atoms with Crippen molar-refractivity contribution in [2.75, 3.05) is 4.72 Å². The molecule has 0 radical (unpaired) electrons. The van der Waals surface area contributed by atoms with Crippen molar-refractivity contribution < 1.29 is 8.42 Å². The van der Waals surface area contributed by atoms with Crippen LogP contribution in [0.5, 0.6) is 0 Å². The van der Waals surface area contributed by atoms with E-state index in [1.165, 1.54) is 18.2 Å². The second-order valence-electron chi connectivity index (χ2n) is 5.46. The first-order chi connectivity index (χ1) is 11.5. The number of benzene rings is 2. The summed E-state index contributed by atoms with van der Waals surface area (Å²) >= 11 is 0. The van der Waals surface area contributed by atoms with Gasteiger partial charge in [-0.05, 0) is 48.7 Å². The summed E-state index contributed by atoms with van der Waals surface area (Å²) in [5.41, 5.74) is 3.83. The fourth-order valence-corrected chi connectivity index (χ4v) is 3.93. The molecule has 0 aromatic heterocycles. The van der Waals surface area contributed by atoms with E-state index in [-0.39, 0.29) is 10.5 Å². The van der Waals surface area contributed by atoms with Crippen LogP contribution in [0.4, 0.5) is 5.69 Å². The van der Waals surface area contributed by atoms with E-state index in [0.29, 0.717) is 17.7 Å². The predicted molar refractivity (Wildman–Crippen MR) is 90.4 cm³/mol. The maximum atomic E-state index is 12.6. The van der Waals surface area contributed by atoms with Gasteiger partial charge in [0.2, 0.25) is 0 Å². The molecule has 0 bridgehead atoms. The Morgan fingerprint density at radius 2 is 1.92 bits per heavy atom. The minimum atomic E-state index is -3.81. The van der Waals surface area contributed by atoms with Crippen molar-refractivity contribution in [3.63, 3.8) is 0 Å². The molecule has 24 heavy (non-hydrogen) atoms. The molecule has 6 heteroatoms. The number of nitriles is 2. The van der Waals surface area contributed by atoms with Gasteiger partial charge >= 0.3 is 0 Å². The van der Waals surface area contributed by atoms with Crippen LogP contribution in [-0.4, -0.2) is 8.42 Å². The van der Waals surface area contributed by atoms with E-state index in [1.54, 1.807) is 24.3 Å². The Labute approximate surface area is 140 Å². The van der Waals surface area contributed by atoms with Crippen LogP contribution >= 0.6 is 0 Å². The molecule has 2 aromatic rings. The quantitative estimate of drug-likeness (QED) is 0.932. The molecule has 0 heterocycles. The van der Waals surface area contributed by atoms with E-state index in [0.717, 1.165) is 16.7 Å². The maximum Gasteiger partial charge on any atom is 0.261 e. The molecule has 0 amide bonds. The van der Waals surface area contributed by atoms with Gasteiger partial charge in [-0.25, -0.2) is 8.42 Å². The summed E-state index contributed by atoms with van der Waals surface area (Å²) in [6, 6.07) is 13.4. The van der Waals surface area contributed by atoms with Crippen LogP contribution < -0.4 is 4.72 Å². The molecule has 5 nitrogen and oxygen atoms in total. The van der Waals surface area contributed by atoms with Crippen molar-refractivity contribution in [2.45, 2.75) is 18.2 Å². The van der Waals surface area contributed by atoms with E-state index in [9.17, 15) is 13.7 Å². The first kappa shape index (κ1) is 15.8. The lowest BCUT2D eigenvalue weighted by Crippen LogP contribution is -2.14. The first-order valence-electron chi connectivity index (χ1n) is 7.22. The highest BCUT2D eigenvalue weighted by Crippen LogP contribution is 2.35. The third-order valence-corrected chi connectivity index (χ3v) is 5.30. The number of nitrogens with one attached hydrogen (secondary N) is 1. The Bertz CT molecular complexity index is 1050. The summed E-state index contributed by atoms with van der Waals surface area (Å²) in [5, 5.41) is 18.1. The summed E-state index contributed by atoms with van der Waals surface area (Å²) in [7, 11) is -3.81. The Morgan fingerprint density at radius 1 is 1.12 bits per heavy atom. The molecule has 0 spiro atoms. The zero-order valence-electron chi connectivity index (χ0n) is 12.9. The number of hydrogen-bond acceptors (Lipinski definition) is 4.